The second kappa shape index (κ2) is 10.0. The Morgan fingerprint density at radius 2 is 1.56 bits per heavy atom. The smallest absolute Gasteiger partial charge is 0.101 e. The molecule has 1 aromatic heterocycles. The molecule has 208 valence electrons. The van der Waals surface area contributed by atoms with Crippen molar-refractivity contribution >= 4 is 17.8 Å². The molecule has 0 N–H and O–H groups in total. The topological polar surface area (TPSA) is 55.8 Å². The van der Waals surface area contributed by atoms with Gasteiger partial charge in [0, 0.05) is 39.7 Å². The van der Waals surface area contributed by atoms with Gasteiger partial charge in [-0.1, -0.05) is 79.8 Å². The molecule has 1 aliphatic heterocycles. The van der Waals surface area contributed by atoms with Crippen LogP contribution in [0.3, 0.4) is 0 Å². The molecule has 0 radical (unpaired) electrons. The summed E-state index contributed by atoms with van der Waals surface area (Å²) in [4.78, 5) is 2.37. The molecule has 2 heterocycles. The molecule has 0 saturated heterocycles. The van der Waals surface area contributed by atoms with Gasteiger partial charge in [0.05, 0.1) is 28.5 Å². The molecule has 0 amide bonds. The van der Waals surface area contributed by atoms with E-state index in [2.05, 4.69) is 107 Å². The highest BCUT2D eigenvalue weighted by molar-refractivity contribution is 5.83. The number of nitriles is 2. The van der Waals surface area contributed by atoms with E-state index in [9.17, 15) is 10.5 Å². The van der Waals surface area contributed by atoms with Gasteiger partial charge in [-0.25, -0.2) is 0 Å². The zero-order valence-corrected chi connectivity index (χ0v) is 24.3. The Hall–Kier alpha value is -5.06. The van der Waals surface area contributed by atoms with Crippen LogP contribution in [0.25, 0.3) is 29.0 Å². The molecule has 3 atom stereocenters. The van der Waals surface area contributed by atoms with Crippen molar-refractivity contribution in [2.75, 3.05) is 4.90 Å². The molecule has 5 aliphatic rings. The number of benzene rings is 2. The number of hydrogen-bond donors (Lipinski definition) is 0. The number of aromatic nitrogens is 1. The zero-order chi connectivity index (χ0) is 29.1. The fraction of sp³-hybridized carbons (Fsp3) is 0.231. The van der Waals surface area contributed by atoms with E-state index < -0.39 is 0 Å². The normalized spacial score (nSPS) is 22.6. The fourth-order valence-corrected chi connectivity index (χ4v) is 7.96. The Morgan fingerprint density at radius 1 is 0.814 bits per heavy atom. The van der Waals surface area contributed by atoms with Crippen LogP contribution in [-0.4, -0.2) is 10.6 Å². The highest BCUT2D eigenvalue weighted by Crippen LogP contribution is 2.48. The first kappa shape index (κ1) is 25.6. The molecule has 43 heavy (non-hydrogen) atoms. The van der Waals surface area contributed by atoms with Crippen molar-refractivity contribution in [1.29, 1.82) is 10.5 Å². The van der Waals surface area contributed by atoms with E-state index >= 15 is 0 Å². The van der Waals surface area contributed by atoms with Crippen LogP contribution < -0.4 is 4.90 Å². The van der Waals surface area contributed by atoms with Crippen LogP contribution in [0.1, 0.15) is 59.8 Å². The average molecular weight is 557 g/mol. The first-order chi connectivity index (χ1) is 21.2. The zero-order valence-electron chi connectivity index (χ0n) is 24.3. The Balaban J connectivity index is 1.31. The van der Waals surface area contributed by atoms with Crippen LogP contribution in [-0.2, 0) is 12.8 Å². The molecule has 0 bridgehead atoms. The van der Waals surface area contributed by atoms with Crippen molar-refractivity contribution in [2.24, 2.45) is 11.8 Å². The molecule has 0 spiro atoms. The third kappa shape index (κ3) is 3.80. The number of rotatable bonds is 3. The number of allylic oxidation sites excluding steroid dienone is 6. The Kier molecular flexibility index (Phi) is 5.99. The predicted molar refractivity (Wildman–Crippen MR) is 173 cm³/mol. The molecular weight excluding hydrogens is 524 g/mol. The maximum atomic E-state index is 10.5. The SMILES string of the molecule is CC1CC=CC2=C1C1C=CC=CC1N2c1ccc(-c2cccc(C#N)c2-n2c3c(c4c2CCC=C4)C=CCC3)cc1C#N. The maximum absolute atomic E-state index is 10.5. The molecule has 0 saturated carbocycles. The summed E-state index contributed by atoms with van der Waals surface area (Å²) >= 11 is 0. The summed E-state index contributed by atoms with van der Waals surface area (Å²) in [5.41, 5.74) is 12.9. The van der Waals surface area contributed by atoms with E-state index in [0.717, 1.165) is 54.6 Å². The second-order valence-corrected chi connectivity index (χ2v) is 12.1. The first-order valence-electron chi connectivity index (χ1n) is 15.4. The van der Waals surface area contributed by atoms with Crippen molar-refractivity contribution in [2.45, 2.75) is 45.1 Å². The lowest BCUT2D eigenvalue weighted by molar-refractivity contribution is 0.581. The minimum absolute atomic E-state index is 0.162. The van der Waals surface area contributed by atoms with Crippen molar-refractivity contribution < 1.29 is 0 Å². The molecule has 4 heteroatoms. The summed E-state index contributed by atoms with van der Waals surface area (Å²) in [7, 11) is 0. The minimum atomic E-state index is 0.162. The molecular formula is C39H32N4. The first-order valence-corrected chi connectivity index (χ1v) is 15.4. The maximum Gasteiger partial charge on any atom is 0.101 e. The van der Waals surface area contributed by atoms with Crippen molar-refractivity contribution in [3.05, 3.63) is 130 Å². The van der Waals surface area contributed by atoms with Gasteiger partial charge < -0.3 is 9.47 Å². The molecule has 4 nitrogen and oxygen atoms in total. The lowest BCUT2D eigenvalue weighted by Gasteiger charge is -2.31. The van der Waals surface area contributed by atoms with Gasteiger partial charge in [0.2, 0.25) is 0 Å². The van der Waals surface area contributed by atoms with Crippen molar-refractivity contribution in [3.8, 4) is 29.0 Å². The Bertz CT molecular complexity index is 1920. The lowest BCUT2D eigenvalue weighted by Crippen LogP contribution is -2.33. The number of fused-ring (bicyclic) bond motifs is 5. The van der Waals surface area contributed by atoms with Crippen LogP contribution in [0, 0.1) is 34.5 Å². The van der Waals surface area contributed by atoms with Gasteiger partial charge in [0.1, 0.15) is 12.1 Å². The van der Waals surface area contributed by atoms with Gasteiger partial charge in [-0.05, 0) is 73.4 Å². The number of hydrogen-bond acceptors (Lipinski definition) is 3. The Labute approximate surface area is 253 Å². The number of anilines is 1. The molecule has 2 aromatic carbocycles. The predicted octanol–water partition coefficient (Wildman–Crippen LogP) is 8.59. The monoisotopic (exact) mass is 556 g/mol. The van der Waals surface area contributed by atoms with Crippen molar-refractivity contribution in [3.63, 3.8) is 0 Å². The summed E-state index contributed by atoms with van der Waals surface area (Å²) in [6.45, 7) is 2.31. The van der Waals surface area contributed by atoms with Gasteiger partial charge in [0.25, 0.3) is 0 Å². The van der Waals surface area contributed by atoms with Crippen LogP contribution >= 0.6 is 0 Å². The lowest BCUT2D eigenvalue weighted by atomic mass is 9.81. The second-order valence-electron chi connectivity index (χ2n) is 12.1. The molecule has 3 aromatic rings. The van der Waals surface area contributed by atoms with Gasteiger partial charge in [-0.2, -0.15) is 10.5 Å². The largest absolute Gasteiger partial charge is 0.333 e. The van der Waals surface area contributed by atoms with Gasteiger partial charge in [-0.15, -0.1) is 0 Å². The standard InChI is InChI=1S/C39H32N4/c1-25-10-8-19-37-38(25)32-14-4-7-18-36(32)42(37)33-21-20-26(22-28(33)24-41)29-15-9-11-27(23-40)39(29)43-34-16-5-2-12-30(34)31-13-3-6-17-35(31)43/h2-4,7-9,11-15,18-22,25,32,36H,5-6,10,16-17H2,1H3. The quantitative estimate of drug-likeness (QED) is 0.325. The van der Waals surface area contributed by atoms with E-state index in [1.54, 1.807) is 0 Å². The summed E-state index contributed by atoms with van der Waals surface area (Å²) in [5, 5.41) is 20.9. The van der Waals surface area contributed by atoms with Crippen LogP contribution in [0.4, 0.5) is 5.69 Å². The van der Waals surface area contributed by atoms with E-state index in [4.69, 9.17) is 0 Å². The molecule has 0 fully saturated rings. The number of para-hydroxylation sites is 1. The average Bonchev–Trinajstić information content (AvgIpc) is 3.57. The van der Waals surface area contributed by atoms with Crippen LogP contribution in [0.15, 0.2) is 96.3 Å². The van der Waals surface area contributed by atoms with E-state index in [1.165, 1.54) is 33.8 Å². The molecule has 8 rings (SSSR count). The van der Waals surface area contributed by atoms with Crippen LogP contribution in [0.5, 0.6) is 0 Å². The summed E-state index contributed by atoms with van der Waals surface area (Å²) in [6.07, 6.45) is 27.3. The third-order valence-electron chi connectivity index (χ3n) is 9.80. The minimum Gasteiger partial charge on any atom is -0.333 e. The summed E-state index contributed by atoms with van der Waals surface area (Å²) in [6, 6.07) is 17.5. The summed E-state index contributed by atoms with van der Waals surface area (Å²) < 4.78 is 2.38. The third-order valence-corrected chi connectivity index (χ3v) is 9.80. The molecule has 4 aliphatic carbocycles. The van der Waals surface area contributed by atoms with E-state index in [-0.39, 0.29) is 6.04 Å². The Morgan fingerprint density at radius 3 is 2.30 bits per heavy atom. The van der Waals surface area contributed by atoms with E-state index in [0.29, 0.717) is 23.0 Å². The van der Waals surface area contributed by atoms with Gasteiger partial charge >= 0.3 is 0 Å². The van der Waals surface area contributed by atoms with Gasteiger partial charge in [0.15, 0.2) is 0 Å². The summed E-state index contributed by atoms with van der Waals surface area (Å²) in [5.74, 6) is 0.789. The molecule has 3 unspecified atom stereocenters. The number of nitrogens with zero attached hydrogens (tertiary/aromatic N) is 4. The van der Waals surface area contributed by atoms with Gasteiger partial charge in [-0.3, -0.25) is 0 Å². The van der Waals surface area contributed by atoms with Crippen molar-refractivity contribution in [1.82, 2.24) is 4.57 Å². The fourth-order valence-electron chi connectivity index (χ4n) is 7.96. The highest BCUT2D eigenvalue weighted by atomic mass is 15.2. The van der Waals surface area contributed by atoms with Crippen LogP contribution in [0.2, 0.25) is 0 Å². The van der Waals surface area contributed by atoms with E-state index in [1.807, 2.05) is 18.2 Å². The highest BCUT2D eigenvalue weighted by Gasteiger charge is 2.42.